The summed E-state index contributed by atoms with van der Waals surface area (Å²) in [6.45, 7) is 0. The molecule has 1 aliphatic heterocycles. The molecule has 4 aromatic rings. The largest absolute Gasteiger partial charge is 0.386 e. The van der Waals surface area contributed by atoms with Gasteiger partial charge in [0.25, 0.3) is 0 Å². The molecule has 0 aliphatic carbocycles. The van der Waals surface area contributed by atoms with E-state index in [-0.39, 0.29) is 18.0 Å². The summed E-state index contributed by atoms with van der Waals surface area (Å²) in [6.07, 6.45) is -2.21. The third-order valence-corrected chi connectivity index (χ3v) is 6.97. The molecule has 1 fully saturated rings. The molecular formula is C32H28O4. The van der Waals surface area contributed by atoms with Gasteiger partial charge in [0.1, 0.15) is 6.10 Å². The van der Waals surface area contributed by atoms with E-state index in [9.17, 15) is 14.7 Å². The summed E-state index contributed by atoms with van der Waals surface area (Å²) in [5, 5.41) is 11.5. The van der Waals surface area contributed by atoms with Crippen LogP contribution in [0.15, 0.2) is 121 Å². The van der Waals surface area contributed by atoms with Crippen molar-refractivity contribution in [3.05, 3.63) is 144 Å². The van der Waals surface area contributed by atoms with Gasteiger partial charge in [-0.1, -0.05) is 121 Å². The van der Waals surface area contributed by atoms with Crippen LogP contribution < -0.4 is 0 Å². The fourth-order valence-corrected chi connectivity index (χ4v) is 5.19. The molecule has 0 unspecified atom stereocenters. The van der Waals surface area contributed by atoms with Crippen molar-refractivity contribution in [1.82, 2.24) is 0 Å². The summed E-state index contributed by atoms with van der Waals surface area (Å²) >= 11 is 0. The third-order valence-electron chi connectivity index (χ3n) is 6.97. The molecule has 1 aliphatic rings. The molecule has 0 bridgehead atoms. The van der Waals surface area contributed by atoms with Gasteiger partial charge in [-0.3, -0.25) is 9.59 Å². The molecule has 1 saturated heterocycles. The summed E-state index contributed by atoms with van der Waals surface area (Å²) in [6, 6.07) is 37.1. The molecule has 5 rings (SSSR count). The van der Waals surface area contributed by atoms with E-state index < -0.39 is 30.1 Å². The standard InChI is InChI=1S/C32H28O4/c33-27(22-13-5-1-6-14-22)21-26-28(29(34)23-15-7-2-8-16-23)32(30(35)24-17-9-3-10-18-24)36-31(26)25-19-11-4-12-20-25/h1-20,26,28,30-32,35H,21H2/t26-,28+,30-,31+,32-/m0/s1. The Morgan fingerprint density at radius 2 is 1.19 bits per heavy atom. The Morgan fingerprint density at radius 1 is 0.694 bits per heavy atom. The van der Waals surface area contributed by atoms with Crippen LogP contribution in [0.1, 0.15) is 50.5 Å². The Labute approximate surface area is 211 Å². The zero-order valence-corrected chi connectivity index (χ0v) is 19.8. The highest BCUT2D eigenvalue weighted by atomic mass is 16.5. The van der Waals surface area contributed by atoms with Gasteiger partial charge in [-0.05, 0) is 11.1 Å². The second kappa shape index (κ2) is 10.8. The molecular weight excluding hydrogens is 448 g/mol. The van der Waals surface area contributed by atoms with Crippen molar-refractivity contribution in [2.75, 3.05) is 0 Å². The number of carbonyl (C=O) groups excluding carboxylic acids is 2. The van der Waals surface area contributed by atoms with Crippen LogP contribution in [0.4, 0.5) is 0 Å². The monoisotopic (exact) mass is 476 g/mol. The van der Waals surface area contributed by atoms with Crippen LogP contribution in [0.3, 0.4) is 0 Å². The molecule has 1 heterocycles. The van der Waals surface area contributed by atoms with Gasteiger partial charge in [0, 0.05) is 23.5 Å². The van der Waals surface area contributed by atoms with Crippen molar-refractivity contribution in [2.24, 2.45) is 11.8 Å². The Balaban J connectivity index is 1.58. The average molecular weight is 477 g/mol. The van der Waals surface area contributed by atoms with Crippen molar-refractivity contribution in [2.45, 2.75) is 24.7 Å². The number of benzene rings is 4. The van der Waals surface area contributed by atoms with Gasteiger partial charge >= 0.3 is 0 Å². The van der Waals surface area contributed by atoms with Crippen molar-refractivity contribution in [1.29, 1.82) is 0 Å². The number of ether oxygens (including phenoxy) is 1. The van der Waals surface area contributed by atoms with Gasteiger partial charge in [-0.2, -0.15) is 0 Å². The molecule has 1 N–H and O–H groups in total. The van der Waals surface area contributed by atoms with E-state index in [2.05, 4.69) is 0 Å². The first kappa shape index (κ1) is 23.9. The van der Waals surface area contributed by atoms with E-state index in [4.69, 9.17) is 4.74 Å². The molecule has 0 spiro atoms. The van der Waals surface area contributed by atoms with E-state index >= 15 is 0 Å². The number of aliphatic hydroxyl groups is 1. The van der Waals surface area contributed by atoms with Crippen LogP contribution in [-0.2, 0) is 4.74 Å². The SMILES string of the molecule is O=C(C[C@H]1[C@H](C(=O)c2ccccc2)[C@@H]([C@@H](O)c2ccccc2)O[C@@H]1c1ccccc1)c1ccccc1. The van der Waals surface area contributed by atoms with E-state index in [1.54, 1.807) is 24.3 Å². The number of hydrogen-bond donors (Lipinski definition) is 1. The number of rotatable bonds is 8. The number of carbonyl (C=O) groups is 2. The predicted molar refractivity (Wildman–Crippen MR) is 139 cm³/mol. The summed E-state index contributed by atoms with van der Waals surface area (Å²) < 4.78 is 6.55. The van der Waals surface area contributed by atoms with E-state index in [0.717, 1.165) is 5.56 Å². The fourth-order valence-electron chi connectivity index (χ4n) is 5.19. The molecule has 0 amide bonds. The average Bonchev–Trinajstić information content (AvgIpc) is 3.33. The minimum atomic E-state index is -1.02. The van der Waals surface area contributed by atoms with Gasteiger partial charge in [-0.15, -0.1) is 0 Å². The van der Waals surface area contributed by atoms with Gasteiger partial charge in [-0.25, -0.2) is 0 Å². The Hall–Kier alpha value is -3.86. The molecule has 36 heavy (non-hydrogen) atoms. The van der Waals surface area contributed by atoms with Gasteiger partial charge in [0.2, 0.25) is 0 Å². The first-order valence-electron chi connectivity index (χ1n) is 12.2. The summed E-state index contributed by atoms with van der Waals surface area (Å²) in [7, 11) is 0. The number of hydrogen-bond acceptors (Lipinski definition) is 4. The van der Waals surface area contributed by atoms with Crippen LogP contribution in [0, 0.1) is 11.8 Å². The summed E-state index contributed by atoms with van der Waals surface area (Å²) in [4.78, 5) is 27.4. The molecule has 4 nitrogen and oxygen atoms in total. The van der Waals surface area contributed by atoms with Gasteiger partial charge in [0.05, 0.1) is 18.1 Å². The first-order chi connectivity index (χ1) is 17.6. The molecule has 4 heteroatoms. The zero-order valence-electron chi connectivity index (χ0n) is 19.8. The number of aliphatic hydroxyl groups excluding tert-OH is 1. The maximum Gasteiger partial charge on any atom is 0.169 e. The lowest BCUT2D eigenvalue weighted by molar-refractivity contribution is -0.0476. The molecule has 4 aromatic carbocycles. The van der Waals surface area contributed by atoms with Crippen LogP contribution >= 0.6 is 0 Å². The molecule has 0 aromatic heterocycles. The van der Waals surface area contributed by atoms with Gasteiger partial charge < -0.3 is 9.84 Å². The highest BCUT2D eigenvalue weighted by Crippen LogP contribution is 2.49. The van der Waals surface area contributed by atoms with Crippen LogP contribution in [0.5, 0.6) is 0 Å². The predicted octanol–water partition coefficient (Wildman–Crippen LogP) is 6.25. The topological polar surface area (TPSA) is 63.6 Å². The smallest absolute Gasteiger partial charge is 0.169 e. The fraction of sp³-hybridized carbons (Fsp3) is 0.188. The first-order valence-corrected chi connectivity index (χ1v) is 12.2. The van der Waals surface area contributed by atoms with Crippen molar-refractivity contribution in [3.8, 4) is 0 Å². The lowest BCUT2D eigenvalue weighted by atomic mass is 9.75. The van der Waals surface area contributed by atoms with Crippen LogP contribution in [0.25, 0.3) is 0 Å². The lowest BCUT2D eigenvalue weighted by Gasteiger charge is -2.26. The minimum absolute atomic E-state index is 0.0501. The molecule has 0 saturated carbocycles. The van der Waals surface area contributed by atoms with E-state index in [0.29, 0.717) is 16.7 Å². The van der Waals surface area contributed by atoms with Crippen molar-refractivity contribution < 1.29 is 19.4 Å². The maximum atomic E-state index is 14.0. The van der Waals surface area contributed by atoms with E-state index in [1.807, 2.05) is 97.1 Å². The normalized spacial score (nSPS) is 22.1. The lowest BCUT2D eigenvalue weighted by Crippen LogP contribution is -2.34. The van der Waals surface area contributed by atoms with Crippen LogP contribution in [-0.4, -0.2) is 22.8 Å². The zero-order chi connectivity index (χ0) is 24.9. The number of Topliss-reactive ketones (excluding diaryl/α,β-unsaturated/α-hetero) is 2. The molecule has 180 valence electrons. The third kappa shape index (κ3) is 4.92. The summed E-state index contributed by atoms with van der Waals surface area (Å²) in [5.41, 5.74) is 2.71. The Kier molecular flexibility index (Phi) is 7.17. The minimum Gasteiger partial charge on any atom is -0.386 e. The van der Waals surface area contributed by atoms with Crippen LogP contribution in [0.2, 0.25) is 0 Å². The Bertz CT molecular complexity index is 1290. The Morgan fingerprint density at radius 3 is 1.78 bits per heavy atom. The second-order valence-electron chi connectivity index (χ2n) is 9.20. The molecule has 0 radical (unpaired) electrons. The van der Waals surface area contributed by atoms with E-state index in [1.165, 1.54) is 0 Å². The second-order valence-corrected chi connectivity index (χ2v) is 9.20. The summed E-state index contributed by atoms with van der Waals surface area (Å²) in [5.74, 6) is -1.33. The highest BCUT2D eigenvalue weighted by molar-refractivity contribution is 6.00. The van der Waals surface area contributed by atoms with Crippen molar-refractivity contribution in [3.63, 3.8) is 0 Å². The molecule has 5 atom stereocenters. The highest BCUT2D eigenvalue weighted by Gasteiger charge is 2.52. The maximum absolute atomic E-state index is 14.0. The van der Waals surface area contributed by atoms with Gasteiger partial charge in [0.15, 0.2) is 11.6 Å². The van der Waals surface area contributed by atoms with Crippen molar-refractivity contribution >= 4 is 11.6 Å². The quantitative estimate of drug-likeness (QED) is 0.305. The number of ketones is 2.